The fourth-order valence-corrected chi connectivity index (χ4v) is 1.05. The van der Waals surface area contributed by atoms with Crippen LogP contribution in [-0.2, 0) is 4.74 Å². The quantitative estimate of drug-likeness (QED) is 0.785. The third kappa shape index (κ3) is 3.09. The minimum Gasteiger partial charge on any atom is -0.491 e. The van der Waals surface area contributed by atoms with Crippen LogP contribution in [0.4, 0.5) is 5.69 Å². The highest BCUT2D eigenvalue weighted by Gasteiger charge is 2.02. The number of methoxy groups -OCH3 is 1. The lowest BCUT2D eigenvalue weighted by atomic mass is 10.3. The predicted molar refractivity (Wildman–Crippen MR) is 57.8 cm³/mol. The van der Waals surface area contributed by atoms with E-state index in [9.17, 15) is 0 Å². The van der Waals surface area contributed by atoms with E-state index in [1.807, 2.05) is 6.92 Å². The zero-order valence-corrected chi connectivity index (χ0v) is 9.04. The van der Waals surface area contributed by atoms with Crippen LogP contribution >= 0.6 is 11.6 Å². The number of hydrogen-bond acceptors (Lipinski definition) is 3. The summed E-state index contributed by atoms with van der Waals surface area (Å²) in [5, 5.41) is 0.507. The lowest BCUT2D eigenvalue weighted by Crippen LogP contribution is -2.15. The molecule has 0 heterocycles. The summed E-state index contributed by atoms with van der Waals surface area (Å²) < 4.78 is 10.5. The van der Waals surface area contributed by atoms with E-state index in [1.54, 1.807) is 25.3 Å². The summed E-state index contributed by atoms with van der Waals surface area (Å²) in [6.45, 7) is 2.43. The Kier molecular flexibility index (Phi) is 4.04. The van der Waals surface area contributed by atoms with Crippen LogP contribution in [0, 0.1) is 0 Å². The van der Waals surface area contributed by atoms with Crippen LogP contribution in [0.3, 0.4) is 0 Å². The third-order valence-electron chi connectivity index (χ3n) is 1.86. The van der Waals surface area contributed by atoms with Gasteiger partial charge in [-0.3, -0.25) is 0 Å². The van der Waals surface area contributed by atoms with Crippen LogP contribution in [0.25, 0.3) is 0 Å². The van der Waals surface area contributed by atoms with Gasteiger partial charge < -0.3 is 15.2 Å². The lowest BCUT2D eigenvalue weighted by molar-refractivity contribution is 0.0717. The Labute approximate surface area is 88.8 Å². The molecule has 1 rings (SSSR count). The van der Waals surface area contributed by atoms with E-state index >= 15 is 0 Å². The topological polar surface area (TPSA) is 44.5 Å². The van der Waals surface area contributed by atoms with E-state index in [1.165, 1.54) is 0 Å². The molecule has 14 heavy (non-hydrogen) atoms. The van der Waals surface area contributed by atoms with Gasteiger partial charge in [-0.1, -0.05) is 11.6 Å². The zero-order valence-electron chi connectivity index (χ0n) is 8.29. The van der Waals surface area contributed by atoms with Gasteiger partial charge in [-0.15, -0.1) is 0 Å². The van der Waals surface area contributed by atoms with Crippen molar-refractivity contribution in [2.75, 3.05) is 19.5 Å². The smallest absolute Gasteiger partial charge is 0.121 e. The maximum atomic E-state index is 5.83. The van der Waals surface area contributed by atoms with Gasteiger partial charge in [0.25, 0.3) is 0 Å². The number of hydrogen-bond donors (Lipinski definition) is 1. The normalized spacial score (nSPS) is 12.5. The van der Waals surface area contributed by atoms with Gasteiger partial charge in [-0.2, -0.15) is 0 Å². The molecule has 78 valence electrons. The van der Waals surface area contributed by atoms with Gasteiger partial charge in [0.2, 0.25) is 0 Å². The Hall–Kier alpha value is -0.930. The molecule has 0 saturated carbocycles. The molecule has 4 heteroatoms. The molecule has 0 bridgehead atoms. The average Bonchev–Trinajstić information content (AvgIpc) is 2.19. The fraction of sp³-hybridized carbons (Fsp3) is 0.400. The van der Waals surface area contributed by atoms with Crippen LogP contribution in [0.2, 0.25) is 5.02 Å². The van der Waals surface area contributed by atoms with Gasteiger partial charge in [0.05, 0.1) is 16.8 Å². The monoisotopic (exact) mass is 215 g/mol. The van der Waals surface area contributed by atoms with Crippen molar-refractivity contribution in [1.82, 2.24) is 0 Å². The molecular formula is C10H14ClNO2. The molecule has 1 aromatic carbocycles. The highest BCUT2D eigenvalue weighted by molar-refractivity contribution is 6.33. The summed E-state index contributed by atoms with van der Waals surface area (Å²) in [7, 11) is 1.64. The van der Waals surface area contributed by atoms with E-state index in [0.29, 0.717) is 23.1 Å². The molecule has 0 spiro atoms. The molecule has 0 aromatic heterocycles. The van der Waals surface area contributed by atoms with E-state index in [2.05, 4.69) is 0 Å². The first-order valence-corrected chi connectivity index (χ1v) is 4.72. The Balaban J connectivity index is 2.55. The molecule has 0 saturated heterocycles. The minimum absolute atomic E-state index is 0.0614. The Morgan fingerprint density at radius 1 is 1.50 bits per heavy atom. The highest BCUT2D eigenvalue weighted by atomic mass is 35.5. The average molecular weight is 216 g/mol. The van der Waals surface area contributed by atoms with Gasteiger partial charge in [0, 0.05) is 13.2 Å². The molecular weight excluding hydrogens is 202 g/mol. The number of rotatable bonds is 4. The number of halogens is 1. The molecule has 0 aliphatic heterocycles. The van der Waals surface area contributed by atoms with Crippen molar-refractivity contribution in [1.29, 1.82) is 0 Å². The molecule has 1 aromatic rings. The second kappa shape index (κ2) is 5.08. The Morgan fingerprint density at radius 3 is 2.79 bits per heavy atom. The maximum absolute atomic E-state index is 5.83. The number of benzene rings is 1. The van der Waals surface area contributed by atoms with E-state index in [-0.39, 0.29) is 6.10 Å². The number of anilines is 1. The summed E-state index contributed by atoms with van der Waals surface area (Å²) in [4.78, 5) is 0. The van der Waals surface area contributed by atoms with Crippen LogP contribution < -0.4 is 10.5 Å². The van der Waals surface area contributed by atoms with E-state index in [0.717, 1.165) is 0 Å². The zero-order chi connectivity index (χ0) is 10.6. The summed E-state index contributed by atoms with van der Waals surface area (Å²) >= 11 is 5.83. The maximum Gasteiger partial charge on any atom is 0.121 e. The predicted octanol–water partition coefficient (Wildman–Crippen LogP) is 2.34. The van der Waals surface area contributed by atoms with E-state index < -0.39 is 0 Å². The van der Waals surface area contributed by atoms with Crippen molar-refractivity contribution in [3.63, 3.8) is 0 Å². The van der Waals surface area contributed by atoms with Crippen molar-refractivity contribution in [2.45, 2.75) is 13.0 Å². The number of nitrogen functional groups attached to an aromatic ring is 1. The van der Waals surface area contributed by atoms with Gasteiger partial charge in [-0.25, -0.2) is 0 Å². The molecule has 1 unspecified atom stereocenters. The van der Waals surface area contributed by atoms with Crippen molar-refractivity contribution < 1.29 is 9.47 Å². The molecule has 2 N–H and O–H groups in total. The minimum atomic E-state index is 0.0614. The molecule has 0 aliphatic carbocycles. The fourth-order valence-electron chi connectivity index (χ4n) is 0.879. The first kappa shape index (κ1) is 11.1. The van der Waals surface area contributed by atoms with E-state index in [4.69, 9.17) is 26.8 Å². The van der Waals surface area contributed by atoms with Crippen LogP contribution in [0.15, 0.2) is 18.2 Å². The van der Waals surface area contributed by atoms with Crippen molar-refractivity contribution in [3.8, 4) is 5.75 Å². The molecule has 1 atom stereocenters. The van der Waals surface area contributed by atoms with Gasteiger partial charge in [0.15, 0.2) is 0 Å². The summed E-state index contributed by atoms with van der Waals surface area (Å²) in [6.07, 6.45) is 0.0614. The highest BCUT2D eigenvalue weighted by Crippen LogP contribution is 2.24. The first-order chi connectivity index (χ1) is 6.63. The van der Waals surface area contributed by atoms with Crippen molar-refractivity contribution >= 4 is 17.3 Å². The largest absolute Gasteiger partial charge is 0.491 e. The number of nitrogens with two attached hydrogens (primary N) is 1. The Bertz CT molecular complexity index is 304. The molecule has 0 fully saturated rings. The second-order valence-electron chi connectivity index (χ2n) is 3.04. The van der Waals surface area contributed by atoms with Crippen LogP contribution in [0.5, 0.6) is 5.75 Å². The summed E-state index contributed by atoms with van der Waals surface area (Å²) in [6, 6.07) is 5.19. The van der Waals surface area contributed by atoms with Crippen molar-refractivity contribution in [3.05, 3.63) is 23.2 Å². The lowest BCUT2D eigenvalue weighted by Gasteiger charge is -2.11. The molecule has 0 aliphatic rings. The van der Waals surface area contributed by atoms with Crippen LogP contribution in [0.1, 0.15) is 6.92 Å². The summed E-state index contributed by atoms with van der Waals surface area (Å²) in [5.41, 5.74) is 6.11. The van der Waals surface area contributed by atoms with Gasteiger partial charge in [-0.05, 0) is 19.1 Å². The van der Waals surface area contributed by atoms with Gasteiger partial charge in [0.1, 0.15) is 12.4 Å². The summed E-state index contributed by atoms with van der Waals surface area (Å²) in [5.74, 6) is 0.702. The molecule has 3 nitrogen and oxygen atoms in total. The standard InChI is InChI=1S/C10H14ClNO2/c1-7(13-2)6-14-8-3-4-10(12)9(11)5-8/h3-5,7H,6,12H2,1-2H3. The number of ether oxygens (including phenoxy) is 2. The Morgan fingerprint density at radius 2 is 2.21 bits per heavy atom. The van der Waals surface area contributed by atoms with Crippen molar-refractivity contribution in [2.24, 2.45) is 0 Å². The SMILES string of the molecule is COC(C)COc1ccc(N)c(Cl)c1. The molecule has 0 radical (unpaired) electrons. The van der Waals surface area contributed by atoms with Crippen LogP contribution in [-0.4, -0.2) is 19.8 Å². The third-order valence-corrected chi connectivity index (χ3v) is 2.19. The first-order valence-electron chi connectivity index (χ1n) is 4.34. The van der Waals surface area contributed by atoms with Gasteiger partial charge >= 0.3 is 0 Å². The molecule has 0 amide bonds. The second-order valence-corrected chi connectivity index (χ2v) is 3.45.